The molecule has 4 N–H and O–H groups in total. The van der Waals surface area contributed by atoms with Crippen molar-refractivity contribution in [3.63, 3.8) is 0 Å². The Morgan fingerprint density at radius 1 is 1.31 bits per heavy atom. The van der Waals surface area contributed by atoms with Crippen LogP contribution in [0.5, 0.6) is 0 Å². The lowest BCUT2D eigenvalue weighted by Gasteiger charge is -2.30. The van der Waals surface area contributed by atoms with Gasteiger partial charge in [-0.25, -0.2) is 0 Å². The highest BCUT2D eigenvalue weighted by Crippen LogP contribution is 2.27. The molecule has 2 heterocycles. The van der Waals surface area contributed by atoms with E-state index in [1.165, 1.54) is 4.88 Å². The molecule has 166 valence electrons. The van der Waals surface area contributed by atoms with E-state index >= 15 is 0 Å². The number of halogens is 1. The van der Waals surface area contributed by atoms with Gasteiger partial charge in [-0.2, -0.15) is 0 Å². The van der Waals surface area contributed by atoms with Crippen LogP contribution in [0.4, 0.5) is 0 Å². The summed E-state index contributed by atoms with van der Waals surface area (Å²) in [6, 6.07) is 4.29. The Morgan fingerprint density at radius 3 is 2.62 bits per heavy atom. The Kier molecular flexibility index (Phi) is 12.1. The van der Waals surface area contributed by atoms with Crippen LogP contribution in [-0.4, -0.2) is 56.0 Å². The number of guanidine groups is 1. The quantitative estimate of drug-likeness (QED) is 0.186. The molecule has 1 aromatic heterocycles. The minimum Gasteiger partial charge on any atom is -0.369 e. The van der Waals surface area contributed by atoms with Gasteiger partial charge in [-0.15, -0.1) is 35.3 Å². The van der Waals surface area contributed by atoms with Crippen molar-refractivity contribution in [2.24, 2.45) is 16.6 Å². The van der Waals surface area contributed by atoms with Gasteiger partial charge in [-0.3, -0.25) is 9.79 Å². The molecule has 1 fully saturated rings. The van der Waals surface area contributed by atoms with Gasteiger partial charge in [0.2, 0.25) is 5.91 Å². The third kappa shape index (κ3) is 9.21. The topological polar surface area (TPSA) is 82.8 Å². The molecule has 0 radical (unpaired) electrons. The number of unbranched alkanes of at least 4 members (excludes halogenated alkanes) is 1. The SMILES string of the molecule is CCNC(=NCC(C)(C)c1cccs1)NCCCCN1CCC(C(N)=O)CC1.I. The number of hydrogen-bond donors (Lipinski definition) is 3. The van der Waals surface area contributed by atoms with Crippen molar-refractivity contribution in [3.8, 4) is 0 Å². The molecule has 1 saturated heterocycles. The second kappa shape index (κ2) is 13.4. The number of primary amides is 1. The minimum absolute atomic E-state index is 0. The molecule has 1 aliphatic heterocycles. The van der Waals surface area contributed by atoms with E-state index in [1.54, 1.807) is 11.3 Å². The molecule has 0 atom stereocenters. The maximum atomic E-state index is 11.2. The van der Waals surface area contributed by atoms with Gasteiger partial charge in [0.25, 0.3) is 0 Å². The van der Waals surface area contributed by atoms with Gasteiger partial charge in [-0.1, -0.05) is 19.9 Å². The van der Waals surface area contributed by atoms with E-state index in [0.717, 1.165) is 70.9 Å². The first kappa shape index (κ1) is 26.2. The predicted molar refractivity (Wildman–Crippen MR) is 134 cm³/mol. The van der Waals surface area contributed by atoms with E-state index in [9.17, 15) is 4.79 Å². The van der Waals surface area contributed by atoms with Crippen molar-refractivity contribution in [2.75, 3.05) is 39.3 Å². The molecule has 0 aliphatic carbocycles. The van der Waals surface area contributed by atoms with E-state index in [-0.39, 0.29) is 41.2 Å². The van der Waals surface area contributed by atoms with Crippen molar-refractivity contribution >= 4 is 47.2 Å². The third-order valence-corrected chi connectivity index (χ3v) is 6.58. The van der Waals surface area contributed by atoms with Crippen molar-refractivity contribution < 1.29 is 4.79 Å². The lowest BCUT2D eigenvalue weighted by molar-refractivity contribution is -0.123. The maximum Gasteiger partial charge on any atom is 0.220 e. The summed E-state index contributed by atoms with van der Waals surface area (Å²) in [5.74, 6) is 0.839. The van der Waals surface area contributed by atoms with Crippen LogP contribution in [0, 0.1) is 5.92 Å². The molecule has 6 nitrogen and oxygen atoms in total. The molecule has 1 amide bonds. The zero-order valence-electron chi connectivity index (χ0n) is 18.1. The molecule has 0 aromatic carbocycles. The van der Waals surface area contributed by atoms with Crippen LogP contribution in [0.1, 0.15) is 51.3 Å². The minimum atomic E-state index is -0.138. The molecular weight excluding hydrogens is 497 g/mol. The zero-order chi connectivity index (χ0) is 20.4. The van der Waals surface area contributed by atoms with Crippen molar-refractivity contribution in [2.45, 2.75) is 51.9 Å². The fourth-order valence-electron chi connectivity index (χ4n) is 3.47. The van der Waals surface area contributed by atoms with Crippen LogP contribution in [-0.2, 0) is 10.2 Å². The molecule has 2 rings (SSSR count). The van der Waals surface area contributed by atoms with Crippen LogP contribution in [0.2, 0.25) is 0 Å². The van der Waals surface area contributed by atoms with Crippen LogP contribution >= 0.6 is 35.3 Å². The van der Waals surface area contributed by atoms with Gasteiger partial charge in [0.1, 0.15) is 0 Å². The summed E-state index contributed by atoms with van der Waals surface area (Å²) < 4.78 is 0. The van der Waals surface area contributed by atoms with Crippen LogP contribution < -0.4 is 16.4 Å². The molecule has 8 heteroatoms. The number of piperidine rings is 1. The first-order valence-corrected chi connectivity index (χ1v) is 11.4. The highest BCUT2D eigenvalue weighted by atomic mass is 127. The summed E-state index contributed by atoms with van der Waals surface area (Å²) in [7, 11) is 0. The molecular formula is C21H38IN5OS. The summed E-state index contributed by atoms with van der Waals surface area (Å²) in [6.07, 6.45) is 4.07. The van der Waals surface area contributed by atoms with Gasteiger partial charge < -0.3 is 21.3 Å². The number of amides is 1. The average molecular weight is 536 g/mol. The number of aliphatic imine (C=N–C) groups is 1. The Morgan fingerprint density at radius 2 is 2.03 bits per heavy atom. The molecule has 1 aromatic rings. The van der Waals surface area contributed by atoms with E-state index in [0.29, 0.717) is 0 Å². The van der Waals surface area contributed by atoms with Crippen LogP contribution in [0.25, 0.3) is 0 Å². The Labute approximate surface area is 197 Å². The number of hydrogen-bond acceptors (Lipinski definition) is 4. The molecule has 0 saturated carbocycles. The Bertz CT molecular complexity index is 613. The van der Waals surface area contributed by atoms with E-state index in [1.807, 2.05) is 0 Å². The number of rotatable bonds is 10. The maximum absolute atomic E-state index is 11.2. The number of nitrogens with two attached hydrogens (primary N) is 1. The molecule has 1 aliphatic rings. The van der Waals surface area contributed by atoms with Crippen molar-refractivity contribution in [1.29, 1.82) is 0 Å². The first-order valence-electron chi connectivity index (χ1n) is 10.5. The normalized spacial score (nSPS) is 16.3. The summed E-state index contributed by atoms with van der Waals surface area (Å²) in [5.41, 5.74) is 5.45. The van der Waals surface area contributed by atoms with Gasteiger partial charge in [-0.05, 0) is 63.7 Å². The Balaban J connectivity index is 0.00000420. The van der Waals surface area contributed by atoms with Crippen molar-refractivity contribution in [3.05, 3.63) is 22.4 Å². The lowest BCUT2D eigenvalue weighted by atomic mass is 9.92. The number of nitrogens with zero attached hydrogens (tertiary/aromatic N) is 2. The number of nitrogens with one attached hydrogen (secondary N) is 2. The second-order valence-corrected chi connectivity index (χ2v) is 9.16. The molecule has 0 spiro atoms. The molecule has 0 bridgehead atoms. The van der Waals surface area contributed by atoms with E-state index < -0.39 is 0 Å². The van der Waals surface area contributed by atoms with Crippen LogP contribution in [0.15, 0.2) is 22.5 Å². The smallest absolute Gasteiger partial charge is 0.220 e. The largest absolute Gasteiger partial charge is 0.369 e. The summed E-state index contributed by atoms with van der Waals surface area (Å²) in [5, 5.41) is 8.93. The van der Waals surface area contributed by atoms with E-state index in [2.05, 4.69) is 53.8 Å². The second-order valence-electron chi connectivity index (χ2n) is 8.21. The standard InChI is InChI=1S/C21H37N5OS.HI/c1-4-23-20(25-16-21(2,3)18-8-7-15-28-18)24-11-5-6-12-26-13-9-17(10-14-26)19(22)27;/h7-8,15,17H,4-6,9-14,16H2,1-3H3,(H2,22,27)(H2,23,24,25);1H. The summed E-state index contributed by atoms with van der Waals surface area (Å²) in [4.78, 5) is 19.9. The molecule has 29 heavy (non-hydrogen) atoms. The molecule has 0 unspecified atom stereocenters. The predicted octanol–water partition coefficient (Wildman–Crippen LogP) is 3.18. The zero-order valence-corrected chi connectivity index (χ0v) is 21.2. The van der Waals surface area contributed by atoms with E-state index in [4.69, 9.17) is 10.7 Å². The summed E-state index contributed by atoms with van der Waals surface area (Å²) in [6.45, 7) is 12.2. The lowest BCUT2D eigenvalue weighted by Crippen LogP contribution is -2.40. The number of likely N-dealkylation sites (tertiary alicyclic amines) is 1. The average Bonchev–Trinajstić information content (AvgIpc) is 3.22. The number of thiophene rings is 1. The fraction of sp³-hybridized carbons (Fsp3) is 0.714. The highest BCUT2D eigenvalue weighted by Gasteiger charge is 2.23. The van der Waals surface area contributed by atoms with Crippen LogP contribution in [0.3, 0.4) is 0 Å². The monoisotopic (exact) mass is 535 g/mol. The Hall–Kier alpha value is -0.870. The van der Waals surface area contributed by atoms with Gasteiger partial charge in [0, 0.05) is 29.3 Å². The van der Waals surface area contributed by atoms with Gasteiger partial charge in [0.15, 0.2) is 5.96 Å². The van der Waals surface area contributed by atoms with Gasteiger partial charge in [0.05, 0.1) is 6.54 Å². The third-order valence-electron chi connectivity index (χ3n) is 5.35. The fourth-order valence-corrected chi connectivity index (χ4v) is 4.31. The van der Waals surface area contributed by atoms with Gasteiger partial charge >= 0.3 is 0 Å². The number of carbonyl (C=O) groups is 1. The van der Waals surface area contributed by atoms with Crippen molar-refractivity contribution in [1.82, 2.24) is 15.5 Å². The first-order chi connectivity index (χ1) is 13.4. The number of carbonyl (C=O) groups excluding carboxylic acids is 1. The summed E-state index contributed by atoms with van der Waals surface area (Å²) >= 11 is 1.79. The highest BCUT2D eigenvalue weighted by molar-refractivity contribution is 14.0.